The van der Waals surface area contributed by atoms with Crippen molar-refractivity contribution in [1.29, 1.82) is 0 Å². The molecule has 7 nitrogen and oxygen atoms in total. The fourth-order valence-corrected chi connectivity index (χ4v) is 5.80. The molecule has 1 aliphatic rings. The normalized spacial score (nSPS) is 21.7. The first kappa shape index (κ1) is 19.7. The number of benzene rings is 2. The molecule has 2 aromatic carbocycles. The van der Waals surface area contributed by atoms with Crippen molar-refractivity contribution in [2.45, 2.75) is 30.9 Å². The smallest absolute Gasteiger partial charge is 0.261 e. The molecule has 1 fully saturated rings. The van der Waals surface area contributed by atoms with Crippen molar-refractivity contribution in [2.75, 3.05) is 21.5 Å². The average molecular weight is 411 g/mol. The molecule has 2 atom stereocenters. The lowest BCUT2D eigenvalue weighted by Crippen LogP contribution is -2.31. The van der Waals surface area contributed by atoms with Gasteiger partial charge in [0.1, 0.15) is 0 Å². The van der Waals surface area contributed by atoms with Gasteiger partial charge in [0.2, 0.25) is 0 Å². The molecule has 9 heteroatoms. The van der Waals surface area contributed by atoms with Gasteiger partial charge in [-0.15, -0.1) is 0 Å². The van der Waals surface area contributed by atoms with Gasteiger partial charge in [0.05, 0.1) is 28.5 Å². The fraction of sp³-hybridized carbons (Fsp3) is 0.333. The van der Waals surface area contributed by atoms with E-state index in [0.29, 0.717) is 11.4 Å². The number of hydrogen-bond donors (Lipinski definition) is 3. The van der Waals surface area contributed by atoms with E-state index in [2.05, 4.69) is 10.0 Å². The molecule has 1 saturated heterocycles. The standard InChI is InChI=1S/C18H22N2O5S2/c1-12-3-8-16(9-13(12)2)27(24,25)20-15-6-4-14(5-7-15)19-17-10-26(22,23)11-18(17)21/h3-9,17-21H,10-11H2,1-2H3/t17-,18-/m1/s1. The van der Waals surface area contributed by atoms with E-state index in [1.807, 2.05) is 13.8 Å². The maximum absolute atomic E-state index is 12.5. The minimum Gasteiger partial charge on any atom is -0.390 e. The third-order valence-corrected chi connectivity index (χ3v) is 7.70. The highest BCUT2D eigenvalue weighted by Gasteiger charge is 2.36. The molecule has 3 N–H and O–H groups in total. The lowest BCUT2D eigenvalue weighted by Gasteiger charge is -2.17. The summed E-state index contributed by atoms with van der Waals surface area (Å²) < 4.78 is 50.7. The zero-order chi connectivity index (χ0) is 19.8. The molecule has 0 spiro atoms. The van der Waals surface area contributed by atoms with E-state index in [-0.39, 0.29) is 16.4 Å². The van der Waals surface area contributed by atoms with Crippen molar-refractivity contribution >= 4 is 31.2 Å². The Morgan fingerprint density at radius 1 is 0.963 bits per heavy atom. The predicted octanol–water partition coefficient (Wildman–Crippen LogP) is 1.67. The maximum Gasteiger partial charge on any atom is 0.261 e. The summed E-state index contributed by atoms with van der Waals surface area (Å²) in [4.78, 5) is 0.187. The summed E-state index contributed by atoms with van der Waals surface area (Å²) in [5, 5.41) is 12.8. The number of rotatable bonds is 5. The van der Waals surface area contributed by atoms with Gasteiger partial charge in [0, 0.05) is 11.4 Å². The highest BCUT2D eigenvalue weighted by molar-refractivity contribution is 7.92. The summed E-state index contributed by atoms with van der Waals surface area (Å²) in [5.41, 5.74) is 2.90. The molecule has 0 unspecified atom stereocenters. The van der Waals surface area contributed by atoms with E-state index >= 15 is 0 Å². The summed E-state index contributed by atoms with van der Waals surface area (Å²) >= 11 is 0. The highest BCUT2D eigenvalue weighted by Crippen LogP contribution is 2.22. The van der Waals surface area contributed by atoms with Gasteiger partial charge in [-0.3, -0.25) is 4.72 Å². The summed E-state index contributed by atoms with van der Waals surface area (Å²) in [6, 6.07) is 10.8. The van der Waals surface area contributed by atoms with Gasteiger partial charge < -0.3 is 10.4 Å². The van der Waals surface area contributed by atoms with Crippen LogP contribution in [-0.4, -0.2) is 45.6 Å². The van der Waals surface area contributed by atoms with E-state index in [0.717, 1.165) is 11.1 Å². The Morgan fingerprint density at radius 2 is 1.59 bits per heavy atom. The highest BCUT2D eigenvalue weighted by atomic mass is 32.2. The van der Waals surface area contributed by atoms with E-state index in [4.69, 9.17) is 0 Å². The summed E-state index contributed by atoms with van der Waals surface area (Å²) in [7, 11) is -6.94. The number of sulfonamides is 1. The lowest BCUT2D eigenvalue weighted by atomic mass is 10.1. The monoisotopic (exact) mass is 410 g/mol. The largest absolute Gasteiger partial charge is 0.390 e. The van der Waals surface area contributed by atoms with Crippen LogP contribution in [-0.2, 0) is 19.9 Å². The fourth-order valence-electron chi connectivity index (χ4n) is 2.91. The molecule has 0 radical (unpaired) electrons. The Morgan fingerprint density at radius 3 is 2.15 bits per heavy atom. The van der Waals surface area contributed by atoms with E-state index < -0.39 is 32.0 Å². The second-order valence-corrected chi connectivity index (χ2v) is 10.7. The first-order chi connectivity index (χ1) is 12.6. The lowest BCUT2D eigenvalue weighted by molar-refractivity contribution is 0.190. The predicted molar refractivity (Wildman–Crippen MR) is 105 cm³/mol. The summed E-state index contributed by atoms with van der Waals surface area (Å²) in [5.74, 6) is -0.381. The van der Waals surface area contributed by atoms with Crippen LogP contribution in [0.2, 0.25) is 0 Å². The van der Waals surface area contributed by atoms with Gasteiger partial charge in [0.15, 0.2) is 9.84 Å². The van der Waals surface area contributed by atoms with Crippen LogP contribution in [0.1, 0.15) is 11.1 Å². The molecule has 2 aromatic rings. The van der Waals surface area contributed by atoms with Crippen LogP contribution < -0.4 is 10.0 Å². The summed E-state index contributed by atoms with van der Waals surface area (Å²) in [6.45, 7) is 3.77. The van der Waals surface area contributed by atoms with Gasteiger partial charge >= 0.3 is 0 Å². The maximum atomic E-state index is 12.5. The van der Waals surface area contributed by atoms with Crippen molar-refractivity contribution in [3.63, 3.8) is 0 Å². The topological polar surface area (TPSA) is 113 Å². The van der Waals surface area contributed by atoms with Gasteiger partial charge in [-0.05, 0) is 61.4 Å². The van der Waals surface area contributed by atoms with Gasteiger partial charge in [-0.2, -0.15) is 0 Å². The van der Waals surface area contributed by atoms with E-state index in [9.17, 15) is 21.9 Å². The third kappa shape index (κ3) is 4.60. The van der Waals surface area contributed by atoms with Gasteiger partial charge in [-0.25, -0.2) is 16.8 Å². The first-order valence-electron chi connectivity index (χ1n) is 8.41. The molecule has 146 valence electrons. The van der Waals surface area contributed by atoms with Crippen LogP contribution in [0.4, 0.5) is 11.4 Å². The van der Waals surface area contributed by atoms with E-state index in [1.54, 1.807) is 42.5 Å². The van der Waals surface area contributed by atoms with Crippen molar-refractivity contribution in [1.82, 2.24) is 0 Å². The molecule has 3 rings (SSSR count). The quantitative estimate of drug-likeness (QED) is 0.691. The molecular weight excluding hydrogens is 388 g/mol. The number of hydrogen-bond acceptors (Lipinski definition) is 6. The average Bonchev–Trinajstić information content (AvgIpc) is 2.83. The SMILES string of the molecule is Cc1ccc(S(=O)(=O)Nc2ccc(N[C@@H]3CS(=O)(=O)C[C@H]3O)cc2)cc1C. The van der Waals surface area contributed by atoms with E-state index in [1.165, 1.54) is 0 Å². The van der Waals surface area contributed by atoms with Crippen LogP contribution in [0.15, 0.2) is 47.4 Å². The molecule has 0 aromatic heterocycles. The molecule has 0 bridgehead atoms. The molecule has 27 heavy (non-hydrogen) atoms. The van der Waals surface area contributed by atoms with Crippen molar-refractivity contribution in [3.05, 3.63) is 53.6 Å². The van der Waals surface area contributed by atoms with Crippen LogP contribution in [0.3, 0.4) is 0 Å². The first-order valence-corrected chi connectivity index (χ1v) is 11.7. The number of nitrogens with one attached hydrogen (secondary N) is 2. The third-order valence-electron chi connectivity index (χ3n) is 4.60. The Balaban J connectivity index is 1.71. The van der Waals surface area contributed by atoms with Gasteiger partial charge in [-0.1, -0.05) is 6.07 Å². The van der Waals surface area contributed by atoms with Crippen LogP contribution in [0, 0.1) is 13.8 Å². The summed E-state index contributed by atoms with van der Waals surface area (Å²) in [6.07, 6.45) is -0.960. The second kappa shape index (κ2) is 7.14. The zero-order valence-corrected chi connectivity index (χ0v) is 16.6. The Labute approximate surface area is 159 Å². The van der Waals surface area contributed by atoms with Crippen LogP contribution >= 0.6 is 0 Å². The molecule has 1 aliphatic heterocycles. The van der Waals surface area contributed by atoms with Crippen molar-refractivity contribution in [3.8, 4) is 0 Å². The number of aryl methyl sites for hydroxylation is 2. The van der Waals surface area contributed by atoms with Crippen LogP contribution in [0.5, 0.6) is 0 Å². The Bertz CT molecular complexity index is 1050. The minimum absolute atomic E-state index is 0.130. The van der Waals surface area contributed by atoms with Gasteiger partial charge in [0.25, 0.3) is 10.0 Å². The number of aliphatic hydroxyl groups excluding tert-OH is 1. The molecule has 0 saturated carbocycles. The molecular formula is C18H22N2O5S2. The molecule has 0 amide bonds. The minimum atomic E-state index is -3.70. The Hall–Kier alpha value is -2.10. The molecule has 1 heterocycles. The second-order valence-electron chi connectivity index (χ2n) is 6.82. The number of sulfone groups is 1. The Kier molecular flexibility index (Phi) is 5.20. The number of anilines is 2. The zero-order valence-electron chi connectivity index (χ0n) is 15.0. The van der Waals surface area contributed by atoms with Crippen LogP contribution in [0.25, 0.3) is 0 Å². The van der Waals surface area contributed by atoms with Crippen molar-refractivity contribution < 1.29 is 21.9 Å². The van der Waals surface area contributed by atoms with Crippen molar-refractivity contribution in [2.24, 2.45) is 0 Å². The number of aliphatic hydroxyl groups is 1. The molecule has 0 aliphatic carbocycles.